The molecule has 15 nitrogen and oxygen atoms in total. The Hall–Kier alpha value is -1.51. The molecular weight excluding hydrogens is 424 g/mol. The topological polar surface area (TPSA) is 255 Å². The second-order valence-electron chi connectivity index (χ2n) is 5.78. The van der Waals surface area contributed by atoms with Crippen molar-refractivity contribution in [3.05, 3.63) is 12.7 Å². The minimum absolute atomic E-state index is 0.218. The van der Waals surface area contributed by atoms with E-state index < -0.39 is 52.2 Å². The van der Waals surface area contributed by atoms with Crippen LogP contribution in [0.2, 0.25) is 0 Å². The Balaban J connectivity index is 0.000000266. The van der Waals surface area contributed by atoms with Crippen LogP contribution in [0.5, 0.6) is 0 Å². The normalized spacial score (nSPS) is 25.5. The highest BCUT2D eigenvalue weighted by atomic mass is 31.2. The first-order valence-electron chi connectivity index (χ1n) is 7.48. The lowest BCUT2D eigenvalue weighted by atomic mass is 10.1. The number of hydrogen-bond acceptors (Lipinski definition) is 10. The minimum atomic E-state index is -4.55. The number of nitrogens with two attached hydrogens (primary N) is 1. The summed E-state index contributed by atoms with van der Waals surface area (Å²) in [6.45, 7) is -0.390. The molecule has 0 spiro atoms. The number of imidazole rings is 1. The predicted molar refractivity (Wildman–Crippen MR) is 91.7 cm³/mol. The Morgan fingerprint density at radius 1 is 1.07 bits per heavy atom. The van der Waals surface area contributed by atoms with Crippen molar-refractivity contribution in [2.24, 2.45) is 0 Å². The predicted octanol–water partition coefficient (Wildman–Crippen LogP) is -2.68. The molecule has 0 aromatic carbocycles. The van der Waals surface area contributed by atoms with Gasteiger partial charge in [0, 0.05) is 0 Å². The van der Waals surface area contributed by atoms with Crippen molar-refractivity contribution in [2.45, 2.75) is 24.5 Å². The molecule has 3 rings (SSSR count). The van der Waals surface area contributed by atoms with Gasteiger partial charge in [-0.15, -0.1) is 0 Å². The maximum absolute atomic E-state index is 9.95. The van der Waals surface area contributed by atoms with Crippen molar-refractivity contribution < 1.29 is 48.8 Å². The standard InChI is InChI=1S/C10H13N5O4.CH6O6P2/c11-8-5-9(13-2-12-8)15(3-14-5)10-7(18)6(17)4(1-16)19-10;2-8(3,4)1-9(5,6)7/h2-4,6-7,10,16-18H,1H2,(H2,11,12,13);1H2,(H2,2,3,4)(H2,5,6,7)/t4-,6-,7-,10-;/m1./s1. The largest absolute Gasteiger partial charge is 0.394 e. The van der Waals surface area contributed by atoms with Gasteiger partial charge in [-0.05, 0) is 0 Å². The zero-order chi connectivity index (χ0) is 21.3. The van der Waals surface area contributed by atoms with Crippen molar-refractivity contribution in [1.29, 1.82) is 0 Å². The number of nitrogen functional groups attached to an aromatic ring is 1. The van der Waals surface area contributed by atoms with Gasteiger partial charge in [0.25, 0.3) is 0 Å². The smallest absolute Gasteiger partial charge is 0.337 e. The Morgan fingerprint density at radius 3 is 2.14 bits per heavy atom. The molecule has 17 heteroatoms. The molecule has 0 radical (unpaired) electrons. The first-order chi connectivity index (χ1) is 12.8. The fourth-order valence-electron chi connectivity index (χ4n) is 2.41. The van der Waals surface area contributed by atoms with Gasteiger partial charge >= 0.3 is 15.2 Å². The van der Waals surface area contributed by atoms with E-state index in [0.29, 0.717) is 11.2 Å². The molecule has 3 heterocycles. The van der Waals surface area contributed by atoms with Crippen LogP contribution in [-0.4, -0.2) is 85.2 Å². The van der Waals surface area contributed by atoms with Crippen molar-refractivity contribution in [2.75, 3.05) is 18.2 Å². The number of anilines is 1. The molecule has 1 fully saturated rings. The fourth-order valence-corrected chi connectivity index (χ4v) is 4.33. The number of aliphatic hydroxyl groups is 3. The van der Waals surface area contributed by atoms with E-state index in [9.17, 15) is 19.3 Å². The first kappa shape index (κ1) is 22.8. The summed E-state index contributed by atoms with van der Waals surface area (Å²) >= 11 is 0. The summed E-state index contributed by atoms with van der Waals surface area (Å²) in [6.07, 6.45) is -1.42. The van der Waals surface area contributed by atoms with E-state index in [1.807, 2.05) is 0 Å². The lowest BCUT2D eigenvalue weighted by Crippen LogP contribution is -2.33. The lowest BCUT2D eigenvalue weighted by Gasteiger charge is -2.16. The van der Waals surface area contributed by atoms with E-state index in [1.54, 1.807) is 0 Å². The molecule has 1 aliphatic heterocycles. The van der Waals surface area contributed by atoms with E-state index in [-0.39, 0.29) is 5.82 Å². The van der Waals surface area contributed by atoms with Crippen LogP contribution >= 0.6 is 15.2 Å². The average molecular weight is 443 g/mol. The van der Waals surface area contributed by atoms with Gasteiger partial charge in [0.15, 0.2) is 23.6 Å². The number of aromatic nitrogens is 4. The van der Waals surface area contributed by atoms with Gasteiger partial charge in [-0.1, -0.05) is 0 Å². The van der Waals surface area contributed by atoms with Crippen LogP contribution in [0.25, 0.3) is 11.2 Å². The number of nitrogens with zero attached hydrogens (tertiary/aromatic N) is 4. The summed E-state index contributed by atoms with van der Waals surface area (Å²) < 4.78 is 26.6. The molecule has 0 aliphatic carbocycles. The van der Waals surface area contributed by atoms with Crippen LogP contribution in [0.4, 0.5) is 5.82 Å². The van der Waals surface area contributed by atoms with Crippen LogP contribution in [0, 0.1) is 0 Å². The summed E-state index contributed by atoms with van der Waals surface area (Å²) in [7, 11) is -9.10. The number of fused-ring (bicyclic) bond motifs is 1. The molecule has 0 unspecified atom stereocenters. The summed E-state index contributed by atoms with van der Waals surface area (Å²) in [4.78, 5) is 43.8. The number of rotatable bonds is 4. The van der Waals surface area contributed by atoms with Gasteiger partial charge < -0.3 is 45.4 Å². The third-order valence-corrected chi connectivity index (χ3v) is 6.49. The van der Waals surface area contributed by atoms with Gasteiger partial charge in [-0.2, -0.15) is 0 Å². The molecule has 0 bridgehead atoms. The van der Waals surface area contributed by atoms with Gasteiger partial charge in [0.05, 0.1) is 12.9 Å². The number of aliphatic hydroxyl groups excluding tert-OH is 3. The third-order valence-electron chi connectivity index (χ3n) is 3.55. The molecule has 1 saturated heterocycles. The third kappa shape index (κ3) is 5.52. The van der Waals surface area contributed by atoms with E-state index in [4.69, 9.17) is 35.2 Å². The Morgan fingerprint density at radius 2 is 1.68 bits per heavy atom. The highest BCUT2D eigenvalue weighted by molar-refractivity contribution is 7.69. The van der Waals surface area contributed by atoms with Gasteiger partial charge in [0.2, 0.25) is 0 Å². The molecular formula is C11H19N5O10P2. The molecule has 1 aliphatic rings. The Kier molecular flexibility index (Phi) is 6.89. The molecule has 2 aromatic heterocycles. The van der Waals surface area contributed by atoms with E-state index in [2.05, 4.69) is 15.0 Å². The Bertz CT molecular complexity index is 892. The Labute approximate surface area is 156 Å². The maximum Gasteiger partial charge on any atom is 0.337 e. The van der Waals surface area contributed by atoms with Crippen LogP contribution in [0.15, 0.2) is 12.7 Å². The molecule has 158 valence electrons. The number of ether oxygens (including phenoxy) is 1. The van der Waals surface area contributed by atoms with Crippen molar-refractivity contribution in [3.8, 4) is 0 Å². The van der Waals surface area contributed by atoms with E-state index >= 15 is 0 Å². The lowest BCUT2D eigenvalue weighted by molar-refractivity contribution is -0.0511. The highest BCUT2D eigenvalue weighted by Crippen LogP contribution is 2.51. The molecule has 4 atom stereocenters. The SMILES string of the molecule is Nc1ncnc2c1ncn2[C@@H]1O[C@H](CO)[C@@H](O)[C@H]1O.O=P(O)(O)CP(=O)(O)O. The number of hydrogen-bond donors (Lipinski definition) is 8. The average Bonchev–Trinajstić information content (AvgIpc) is 3.08. The minimum Gasteiger partial charge on any atom is -0.394 e. The van der Waals surface area contributed by atoms with Crippen molar-refractivity contribution >= 4 is 32.2 Å². The molecule has 28 heavy (non-hydrogen) atoms. The second kappa shape index (κ2) is 8.47. The van der Waals surface area contributed by atoms with Crippen LogP contribution in [-0.2, 0) is 13.9 Å². The van der Waals surface area contributed by atoms with Crippen molar-refractivity contribution in [3.63, 3.8) is 0 Å². The van der Waals surface area contributed by atoms with Crippen molar-refractivity contribution in [1.82, 2.24) is 19.5 Å². The monoisotopic (exact) mass is 443 g/mol. The zero-order valence-electron chi connectivity index (χ0n) is 14.0. The summed E-state index contributed by atoms with van der Waals surface area (Å²) in [5.41, 5.74) is 6.44. The summed E-state index contributed by atoms with van der Waals surface area (Å²) in [5, 5.41) is 28.7. The van der Waals surface area contributed by atoms with Gasteiger partial charge in [0.1, 0.15) is 30.2 Å². The van der Waals surface area contributed by atoms with Gasteiger partial charge in [-0.25, -0.2) is 15.0 Å². The van der Waals surface area contributed by atoms with Gasteiger partial charge in [-0.3, -0.25) is 13.7 Å². The second-order valence-corrected chi connectivity index (χ2v) is 9.57. The summed E-state index contributed by atoms with van der Waals surface area (Å²) in [6, 6.07) is 0. The molecule has 0 amide bonds. The maximum atomic E-state index is 9.95. The van der Waals surface area contributed by atoms with Crippen LogP contribution in [0.3, 0.4) is 0 Å². The zero-order valence-corrected chi connectivity index (χ0v) is 15.8. The first-order valence-corrected chi connectivity index (χ1v) is 11.1. The van der Waals surface area contributed by atoms with E-state index in [0.717, 1.165) is 0 Å². The van der Waals surface area contributed by atoms with Crippen LogP contribution in [0.1, 0.15) is 6.23 Å². The fraction of sp³-hybridized carbons (Fsp3) is 0.545. The molecule has 2 aromatic rings. The molecule has 9 N–H and O–H groups in total. The van der Waals surface area contributed by atoms with Crippen LogP contribution < -0.4 is 5.73 Å². The quantitative estimate of drug-likeness (QED) is 0.224. The summed E-state index contributed by atoms with van der Waals surface area (Å²) in [5.74, 6) is -1.16. The van der Waals surface area contributed by atoms with E-state index in [1.165, 1.54) is 17.2 Å². The molecule has 0 saturated carbocycles. The highest BCUT2D eigenvalue weighted by Gasteiger charge is 2.43.